The Morgan fingerprint density at radius 1 is 0.974 bits per heavy atom. The van der Waals surface area contributed by atoms with Gasteiger partial charge in [0.2, 0.25) is 0 Å². The van der Waals surface area contributed by atoms with E-state index in [2.05, 4.69) is 18.7 Å². The van der Waals surface area contributed by atoms with Crippen LogP contribution in [-0.2, 0) is 0 Å². The summed E-state index contributed by atoms with van der Waals surface area (Å²) in [5.41, 5.74) is 0.438. The number of halogens is 3. The fraction of sp³-hybridized carbons (Fsp3) is 0.333. The second-order valence-corrected chi connectivity index (χ2v) is 10.2. The molecule has 0 saturated carbocycles. The van der Waals surface area contributed by atoms with Crippen LogP contribution in [0.15, 0.2) is 66.7 Å². The molecule has 0 spiro atoms. The van der Waals surface area contributed by atoms with Crippen molar-refractivity contribution in [1.82, 2.24) is 4.90 Å². The van der Waals surface area contributed by atoms with E-state index in [9.17, 15) is 23.4 Å². The Kier molecular flexibility index (Phi) is 7.01. The number of hydrogen-bond donors (Lipinski definition) is 2. The van der Waals surface area contributed by atoms with Gasteiger partial charge >= 0.3 is 6.18 Å². The maximum Gasteiger partial charge on any atom is 0.399 e. The first-order valence-corrected chi connectivity index (χ1v) is 12.7. The van der Waals surface area contributed by atoms with Gasteiger partial charge in [0.25, 0.3) is 0 Å². The quantitative estimate of drug-likeness (QED) is 0.370. The molecule has 3 atom stereocenters. The first kappa shape index (κ1) is 26.0. The van der Waals surface area contributed by atoms with Crippen molar-refractivity contribution in [3.8, 4) is 23.0 Å². The van der Waals surface area contributed by atoms with Crippen molar-refractivity contribution in [2.45, 2.75) is 38.4 Å². The molecule has 5 nitrogen and oxygen atoms in total. The molecule has 2 N–H and O–H groups in total. The lowest BCUT2D eigenvalue weighted by Crippen LogP contribution is -2.35. The van der Waals surface area contributed by atoms with Gasteiger partial charge in [0.1, 0.15) is 41.3 Å². The van der Waals surface area contributed by atoms with Crippen LogP contribution in [0.2, 0.25) is 0 Å². The maximum absolute atomic E-state index is 14.6. The Morgan fingerprint density at radius 3 is 2.26 bits per heavy atom. The molecule has 2 aliphatic rings. The smallest absolute Gasteiger partial charge is 0.399 e. The Bertz CT molecular complexity index is 1320. The fourth-order valence-electron chi connectivity index (χ4n) is 5.19. The summed E-state index contributed by atoms with van der Waals surface area (Å²) in [6.45, 7) is 6.98. The zero-order valence-corrected chi connectivity index (χ0v) is 21.2. The van der Waals surface area contributed by atoms with Crippen LogP contribution in [0.5, 0.6) is 23.0 Å². The van der Waals surface area contributed by atoms with Gasteiger partial charge in [-0.1, -0.05) is 19.1 Å². The van der Waals surface area contributed by atoms with Crippen molar-refractivity contribution >= 4 is 11.3 Å². The lowest BCUT2D eigenvalue weighted by molar-refractivity contribution is -0.137. The van der Waals surface area contributed by atoms with E-state index < -0.39 is 12.1 Å². The van der Waals surface area contributed by atoms with Crippen LogP contribution in [0, 0.1) is 5.92 Å². The molecule has 200 valence electrons. The van der Waals surface area contributed by atoms with Crippen molar-refractivity contribution in [3.05, 3.63) is 83.4 Å². The van der Waals surface area contributed by atoms with Crippen molar-refractivity contribution in [1.29, 1.82) is 0 Å². The highest BCUT2D eigenvalue weighted by atomic mass is 19.4. The number of allylic oxidation sites excluding steroid dienone is 1. The number of aromatic hydroxyl groups is 2. The van der Waals surface area contributed by atoms with Gasteiger partial charge in [-0.15, -0.1) is 0 Å². The third-order valence-corrected chi connectivity index (χ3v) is 7.24. The maximum atomic E-state index is 14.6. The van der Waals surface area contributed by atoms with Gasteiger partial charge in [0.15, 0.2) is 0 Å². The van der Waals surface area contributed by atoms with E-state index in [0.717, 1.165) is 19.2 Å². The third kappa shape index (κ3) is 5.31. The zero-order valence-electron chi connectivity index (χ0n) is 21.2. The van der Waals surface area contributed by atoms with Gasteiger partial charge in [-0.2, -0.15) is 13.2 Å². The van der Waals surface area contributed by atoms with E-state index in [1.807, 2.05) is 0 Å². The van der Waals surface area contributed by atoms with Crippen LogP contribution in [0.3, 0.4) is 0 Å². The molecule has 1 fully saturated rings. The molecule has 0 radical (unpaired) electrons. The van der Waals surface area contributed by atoms with Crippen LogP contribution >= 0.6 is 0 Å². The zero-order chi connectivity index (χ0) is 27.0. The van der Waals surface area contributed by atoms with E-state index in [1.54, 1.807) is 24.3 Å². The van der Waals surface area contributed by atoms with Crippen LogP contribution < -0.4 is 9.47 Å². The molecule has 3 aromatic rings. The van der Waals surface area contributed by atoms with Crippen LogP contribution in [0.25, 0.3) is 11.3 Å². The van der Waals surface area contributed by atoms with Crippen LogP contribution in [0.1, 0.15) is 42.9 Å². The number of phenols is 2. The van der Waals surface area contributed by atoms with Gasteiger partial charge < -0.3 is 19.7 Å². The van der Waals surface area contributed by atoms with Crippen molar-refractivity contribution in [3.63, 3.8) is 0 Å². The molecule has 2 heterocycles. The lowest BCUT2D eigenvalue weighted by atomic mass is 9.82. The normalized spacial score (nSPS) is 20.7. The topological polar surface area (TPSA) is 62.2 Å². The summed E-state index contributed by atoms with van der Waals surface area (Å²) in [5.74, 6) is -1.01. The number of benzene rings is 3. The minimum atomic E-state index is -4.67. The molecule has 0 aliphatic carbocycles. The minimum Gasteiger partial charge on any atom is -0.508 e. The minimum absolute atomic E-state index is 0.0247. The molecular formula is C30H30F3NO4. The first-order chi connectivity index (χ1) is 18.1. The summed E-state index contributed by atoms with van der Waals surface area (Å²) in [5, 5.41) is 19.7. The van der Waals surface area contributed by atoms with E-state index in [1.165, 1.54) is 42.8 Å². The second kappa shape index (κ2) is 10.3. The number of rotatable bonds is 6. The number of fused-ring (bicyclic) bond motifs is 1. The third-order valence-electron chi connectivity index (χ3n) is 7.24. The molecule has 2 aliphatic heterocycles. The predicted molar refractivity (Wildman–Crippen MR) is 139 cm³/mol. The lowest BCUT2D eigenvalue weighted by Gasteiger charge is -2.32. The first-order valence-electron chi connectivity index (χ1n) is 12.7. The molecule has 0 aromatic heterocycles. The number of nitrogens with zero attached hydrogens (tertiary/aromatic N) is 1. The van der Waals surface area contributed by atoms with Crippen molar-refractivity contribution in [2.24, 2.45) is 5.92 Å². The molecular weight excluding hydrogens is 495 g/mol. The summed E-state index contributed by atoms with van der Waals surface area (Å²) in [4.78, 5) is 2.40. The SMILES string of the molecule is C[C@@H]1CCN([C@@H](C)COc2ccc(C3=C(c4ccc(O)cc4)C(C(F)(F)F)c4cc(O)ccc4O3)cc2)C1. The summed E-state index contributed by atoms with van der Waals surface area (Å²) in [6.07, 6.45) is -3.49. The predicted octanol–water partition coefficient (Wildman–Crippen LogP) is 6.81. The van der Waals surface area contributed by atoms with Gasteiger partial charge in [-0.05, 0) is 86.0 Å². The van der Waals surface area contributed by atoms with Gasteiger partial charge in [-0.25, -0.2) is 0 Å². The highest BCUT2D eigenvalue weighted by Crippen LogP contribution is 2.54. The molecule has 1 saturated heterocycles. The largest absolute Gasteiger partial charge is 0.508 e. The molecule has 8 heteroatoms. The van der Waals surface area contributed by atoms with E-state index >= 15 is 0 Å². The number of likely N-dealkylation sites (tertiary alicyclic amines) is 1. The molecule has 0 bridgehead atoms. The van der Waals surface area contributed by atoms with E-state index in [4.69, 9.17) is 9.47 Å². The van der Waals surface area contributed by atoms with Crippen LogP contribution in [0.4, 0.5) is 13.2 Å². The number of alkyl halides is 3. The number of ether oxygens (including phenoxy) is 2. The summed E-state index contributed by atoms with van der Waals surface area (Å²) in [7, 11) is 0. The highest BCUT2D eigenvalue weighted by Gasteiger charge is 2.48. The van der Waals surface area contributed by atoms with Crippen molar-refractivity contribution < 1.29 is 32.9 Å². The molecule has 5 rings (SSSR count). The standard InChI is InChI=1S/C30H30F3NO4/c1-18-13-14-34(16-18)19(2)17-37-24-10-5-21(6-11-24)29-27(20-3-7-22(35)8-4-20)28(30(31,32)33)25-15-23(36)9-12-26(25)38-29/h3-12,15,18-19,28,35-36H,13-14,16-17H2,1-2H3/t18-,19+,28?/m1/s1. The molecule has 38 heavy (non-hydrogen) atoms. The summed E-state index contributed by atoms with van der Waals surface area (Å²) < 4.78 is 55.9. The monoisotopic (exact) mass is 525 g/mol. The Labute approximate surface area is 219 Å². The van der Waals surface area contributed by atoms with Gasteiger partial charge in [0.05, 0.1) is 0 Å². The molecule has 1 unspecified atom stereocenters. The average Bonchev–Trinajstić information content (AvgIpc) is 3.33. The van der Waals surface area contributed by atoms with Gasteiger partial charge in [-0.3, -0.25) is 4.90 Å². The number of hydrogen-bond acceptors (Lipinski definition) is 5. The van der Waals surface area contributed by atoms with E-state index in [0.29, 0.717) is 23.8 Å². The summed E-state index contributed by atoms with van der Waals surface area (Å²) >= 11 is 0. The Morgan fingerprint density at radius 2 is 1.63 bits per heavy atom. The summed E-state index contributed by atoms with van der Waals surface area (Å²) in [6, 6.07) is 16.4. The highest BCUT2D eigenvalue weighted by molar-refractivity contribution is 5.94. The second-order valence-electron chi connectivity index (χ2n) is 10.2. The van der Waals surface area contributed by atoms with E-state index in [-0.39, 0.29) is 45.7 Å². The van der Waals surface area contributed by atoms with Gasteiger partial charge in [0, 0.05) is 29.3 Å². The van der Waals surface area contributed by atoms with Crippen molar-refractivity contribution in [2.75, 3.05) is 19.7 Å². The Balaban J connectivity index is 1.50. The van der Waals surface area contributed by atoms with Crippen LogP contribution in [-0.4, -0.2) is 47.0 Å². The average molecular weight is 526 g/mol. The molecule has 0 amide bonds. The number of phenolic OH excluding ortho intramolecular Hbond substituents is 2. The Hall–Kier alpha value is -3.65. The molecule has 3 aromatic carbocycles. The fourth-order valence-corrected chi connectivity index (χ4v) is 5.19.